The lowest BCUT2D eigenvalue weighted by atomic mass is 10.1. The van der Waals surface area contributed by atoms with Crippen LogP contribution in [-0.4, -0.2) is 23.9 Å². The number of carbonyl (C=O) groups is 3. The Kier molecular flexibility index (Phi) is 6.11. The van der Waals surface area contributed by atoms with Crippen molar-refractivity contribution < 1.29 is 14.4 Å². The molecule has 7 heteroatoms. The van der Waals surface area contributed by atoms with Gasteiger partial charge in [-0.25, -0.2) is 4.79 Å². The number of anilines is 2. The van der Waals surface area contributed by atoms with Gasteiger partial charge < -0.3 is 21.7 Å². The lowest BCUT2D eigenvalue weighted by molar-refractivity contribution is -0.118. The van der Waals surface area contributed by atoms with Crippen LogP contribution in [0.4, 0.5) is 16.2 Å². The minimum absolute atomic E-state index is 0.176. The van der Waals surface area contributed by atoms with E-state index in [0.717, 1.165) is 5.56 Å². The third-order valence-electron chi connectivity index (χ3n) is 3.39. The molecule has 1 unspecified atom stereocenters. The van der Waals surface area contributed by atoms with E-state index in [4.69, 9.17) is 5.73 Å². The lowest BCUT2D eigenvalue weighted by Crippen LogP contribution is -2.47. The van der Waals surface area contributed by atoms with Gasteiger partial charge in [0.25, 0.3) is 0 Å². The first-order valence-electron chi connectivity index (χ1n) is 7.72. The molecule has 0 radical (unpaired) electrons. The van der Waals surface area contributed by atoms with E-state index in [1.54, 1.807) is 24.3 Å². The van der Waals surface area contributed by atoms with E-state index in [2.05, 4.69) is 16.0 Å². The summed E-state index contributed by atoms with van der Waals surface area (Å²) in [5, 5.41) is 7.82. The predicted octanol–water partition coefficient (Wildman–Crippen LogP) is 1.86. The molecule has 7 nitrogen and oxygen atoms in total. The Bertz CT molecular complexity index is 745. The molecule has 0 heterocycles. The number of nitrogens with one attached hydrogen (secondary N) is 3. The molecule has 25 heavy (non-hydrogen) atoms. The van der Waals surface area contributed by atoms with Crippen molar-refractivity contribution in [2.45, 2.75) is 19.4 Å². The van der Waals surface area contributed by atoms with Crippen LogP contribution in [0.25, 0.3) is 0 Å². The number of carbonyl (C=O) groups excluding carboxylic acids is 3. The quantitative estimate of drug-likeness (QED) is 0.643. The molecule has 0 bridgehead atoms. The fraction of sp³-hybridized carbons (Fsp3) is 0.167. The number of urea groups is 1. The van der Waals surface area contributed by atoms with Gasteiger partial charge in [-0.3, -0.25) is 9.59 Å². The van der Waals surface area contributed by atoms with Crippen LogP contribution >= 0.6 is 0 Å². The van der Waals surface area contributed by atoms with Crippen molar-refractivity contribution in [2.75, 3.05) is 10.6 Å². The van der Waals surface area contributed by atoms with Gasteiger partial charge in [0.2, 0.25) is 11.8 Å². The summed E-state index contributed by atoms with van der Waals surface area (Å²) in [5.74, 6) is -0.555. The number of hydrogen-bond donors (Lipinski definition) is 4. The Morgan fingerprint density at radius 2 is 1.48 bits per heavy atom. The fourth-order valence-corrected chi connectivity index (χ4v) is 2.30. The zero-order chi connectivity index (χ0) is 18.2. The maximum absolute atomic E-state index is 12.5. The van der Waals surface area contributed by atoms with E-state index in [1.807, 2.05) is 30.3 Å². The fourth-order valence-electron chi connectivity index (χ4n) is 2.30. The second-order valence-corrected chi connectivity index (χ2v) is 5.50. The molecule has 0 fully saturated rings. The molecular weight excluding hydrogens is 320 g/mol. The number of hydrogen-bond acceptors (Lipinski definition) is 3. The van der Waals surface area contributed by atoms with Crippen LogP contribution in [-0.2, 0) is 16.0 Å². The third kappa shape index (κ3) is 5.98. The van der Waals surface area contributed by atoms with Crippen molar-refractivity contribution >= 4 is 29.2 Å². The van der Waals surface area contributed by atoms with Crippen LogP contribution in [0.2, 0.25) is 0 Å². The zero-order valence-electron chi connectivity index (χ0n) is 13.8. The maximum atomic E-state index is 12.5. The number of primary amides is 1. The Morgan fingerprint density at radius 1 is 0.920 bits per heavy atom. The minimum Gasteiger partial charge on any atom is -0.352 e. The average molecular weight is 340 g/mol. The summed E-state index contributed by atoms with van der Waals surface area (Å²) in [4.78, 5) is 34.7. The van der Waals surface area contributed by atoms with Crippen LogP contribution in [0.3, 0.4) is 0 Å². The van der Waals surface area contributed by atoms with E-state index in [0.29, 0.717) is 17.8 Å². The summed E-state index contributed by atoms with van der Waals surface area (Å²) in [6.45, 7) is 1.42. The second kappa shape index (κ2) is 8.49. The Balaban J connectivity index is 2.05. The molecule has 0 saturated heterocycles. The Morgan fingerprint density at radius 3 is 2.00 bits per heavy atom. The molecule has 0 saturated carbocycles. The summed E-state index contributed by atoms with van der Waals surface area (Å²) in [7, 11) is 0. The molecule has 4 amide bonds. The maximum Gasteiger partial charge on any atom is 0.312 e. The van der Waals surface area contributed by atoms with E-state index in [1.165, 1.54) is 6.92 Å². The monoisotopic (exact) mass is 340 g/mol. The molecule has 130 valence electrons. The highest BCUT2D eigenvalue weighted by Gasteiger charge is 2.20. The van der Waals surface area contributed by atoms with Crippen molar-refractivity contribution in [3.8, 4) is 0 Å². The summed E-state index contributed by atoms with van der Waals surface area (Å²) in [6, 6.07) is 14.4. The molecule has 1 atom stereocenters. The highest BCUT2D eigenvalue weighted by molar-refractivity contribution is 5.97. The molecule has 2 aromatic carbocycles. The van der Waals surface area contributed by atoms with Crippen molar-refractivity contribution in [1.29, 1.82) is 0 Å². The first-order valence-corrected chi connectivity index (χ1v) is 7.72. The molecule has 0 aliphatic heterocycles. The van der Waals surface area contributed by atoms with Gasteiger partial charge in [0.15, 0.2) is 0 Å². The van der Waals surface area contributed by atoms with Gasteiger partial charge in [0.1, 0.15) is 6.04 Å². The predicted molar refractivity (Wildman–Crippen MR) is 96.0 cm³/mol. The van der Waals surface area contributed by atoms with Gasteiger partial charge in [-0.15, -0.1) is 0 Å². The zero-order valence-corrected chi connectivity index (χ0v) is 13.8. The van der Waals surface area contributed by atoms with Crippen LogP contribution in [0, 0.1) is 0 Å². The van der Waals surface area contributed by atoms with Crippen LogP contribution in [0.5, 0.6) is 0 Å². The molecule has 2 rings (SSSR count). The number of rotatable bonds is 6. The normalized spacial score (nSPS) is 11.2. The van der Waals surface area contributed by atoms with Crippen molar-refractivity contribution in [3.05, 3.63) is 60.2 Å². The molecule has 0 aliphatic rings. The highest BCUT2D eigenvalue weighted by atomic mass is 16.2. The van der Waals surface area contributed by atoms with Gasteiger partial charge in [-0.05, 0) is 29.8 Å². The third-order valence-corrected chi connectivity index (χ3v) is 3.39. The second-order valence-electron chi connectivity index (χ2n) is 5.50. The van der Waals surface area contributed by atoms with Gasteiger partial charge in [0, 0.05) is 24.7 Å². The number of nitrogens with two attached hydrogens (primary N) is 1. The van der Waals surface area contributed by atoms with Crippen LogP contribution in [0.1, 0.15) is 12.5 Å². The Hall–Kier alpha value is -3.35. The van der Waals surface area contributed by atoms with Crippen molar-refractivity contribution in [2.24, 2.45) is 5.73 Å². The van der Waals surface area contributed by atoms with E-state index in [-0.39, 0.29) is 11.8 Å². The van der Waals surface area contributed by atoms with E-state index >= 15 is 0 Å². The summed E-state index contributed by atoms with van der Waals surface area (Å²) >= 11 is 0. The van der Waals surface area contributed by atoms with Crippen molar-refractivity contribution in [3.63, 3.8) is 0 Å². The standard InChI is InChI=1S/C18H20N4O3/c1-12(23)20-14-7-9-15(10-8-14)21-17(24)16(22-18(19)25)11-13-5-3-2-4-6-13/h2-10,16H,11H2,1H3,(H,20,23)(H,21,24)(H3,19,22,25). The Labute approximate surface area is 145 Å². The largest absolute Gasteiger partial charge is 0.352 e. The summed E-state index contributed by atoms with van der Waals surface area (Å²) in [6.07, 6.45) is 0.319. The average Bonchev–Trinajstić information content (AvgIpc) is 2.56. The molecular formula is C18H20N4O3. The topological polar surface area (TPSA) is 113 Å². The highest BCUT2D eigenvalue weighted by Crippen LogP contribution is 2.14. The van der Waals surface area contributed by atoms with Crippen molar-refractivity contribution in [1.82, 2.24) is 5.32 Å². The van der Waals surface area contributed by atoms with E-state index < -0.39 is 12.1 Å². The van der Waals surface area contributed by atoms with Crippen LogP contribution < -0.4 is 21.7 Å². The summed E-state index contributed by atoms with van der Waals surface area (Å²) < 4.78 is 0. The number of benzene rings is 2. The minimum atomic E-state index is -0.796. The van der Waals surface area contributed by atoms with Gasteiger partial charge in [0.05, 0.1) is 0 Å². The van der Waals surface area contributed by atoms with Gasteiger partial charge in [-0.1, -0.05) is 30.3 Å². The smallest absolute Gasteiger partial charge is 0.312 e. The molecule has 2 aromatic rings. The SMILES string of the molecule is CC(=O)Nc1ccc(NC(=O)C(Cc2ccccc2)NC(N)=O)cc1. The van der Waals surface area contributed by atoms with Gasteiger partial charge >= 0.3 is 6.03 Å². The van der Waals surface area contributed by atoms with E-state index in [9.17, 15) is 14.4 Å². The first kappa shape index (κ1) is 18.0. The molecule has 0 aliphatic carbocycles. The lowest BCUT2D eigenvalue weighted by Gasteiger charge is -2.17. The first-order chi connectivity index (χ1) is 11.9. The molecule has 5 N–H and O–H groups in total. The molecule has 0 spiro atoms. The van der Waals surface area contributed by atoms with Crippen LogP contribution in [0.15, 0.2) is 54.6 Å². The summed E-state index contributed by atoms with van der Waals surface area (Å²) in [5.41, 5.74) is 7.25. The number of amides is 4. The van der Waals surface area contributed by atoms with Gasteiger partial charge in [-0.2, -0.15) is 0 Å². The molecule has 0 aromatic heterocycles.